The van der Waals surface area contributed by atoms with Gasteiger partial charge in [-0.3, -0.25) is 9.59 Å². The predicted octanol–water partition coefficient (Wildman–Crippen LogP) is 4.09. The summed E-state index contributed by atoms with van der Waals surface area (Å²) in [5.74, 6) is 1.30. The van der Waals surface area contributed by atoms with Crippen molar-refractivity contribution < 1.29 is 19.1 Å². The van der Waals surface area contributed by atoms with Crippen molar-refractivity contribution in [2.45, 2.75) is 32.0 Å². The molecule has 0 bridgehead atoms. The number of aromatic amines is 1. The third-order valence-electron chi connectivity index (χ3n) is 7.64. The Morgan fingerprint density at radius 1 is 0.972 bits per heavy atom. The fraction of sp³-hybridized carbons (Fsp3) is 0.241. The number of benzene rings is 3. The largest absolute Gasteiger partial charge is 0.454 e. The van der Waals surface area contributed by atoms with Gasteiger partial charge in [0.2, 0.25) is 18.6 Å². The molecular weight excluding hydrogens is 454 g/mol. The number of rotatable bonds is 3. The van der Waals surface area contributed by atoms with Crippen molar-refractivity contribution in [3.8, 4) is 11.5 Å². The molecule has 3 aliphatic rings. The average Bonchev–Trinajstić information content (AvgIpc) is 3.50. The molecule has 3 aromatic carbocycles. The minimum absolute atomic E-state index is 0.0261. The number of amides is 2. The van der Waals surface area contributed by atoms with Gasteiger partial charge in [-0.1, -0.05) is 48.5 Å². The summed E-state index contributed by atoms with van der Waals surface area (Å²) in [5, 5.41) is 1.11. The van der Waals surface area contributed by atoms with Crippen LogP contribution >= 0.6 is 0 Å². The number of carbonyl (C=O) groups excluding carboxylic acids is 2. The maximum Gasteiger partial charge on any atom is 0.246 e. The monoisotopic (exact) mass is 479 g/mol. The van der Waals surface area contributed by atoms with Gasteiger partial charge in [0.15, 0.2) is 11.5 Å². The zero-order valence-electron chi connectivity index (χ0n) is 19.9. The molecule has 1 aromatic heterocycles. The maximum atomic E-state index is 13.9. The first kappa shape index (κ1) is 21.1. The van der Waals surface area contributed by atoms with E-state index in [-0.39, 0.29) is 31.2 Å². The highest BCUT2D eigenvalue weighted by Crippen LogP contribution is 2.43. The molecule has 1 fully saturated rings. The molecule has 7 rings (SSSR count). The van der Waals surface area contributed by atoms with E-state index in [9.17, 15) is 9.59 Å². The summed E-state index contributed by atoms with van der Waals surface area (Å²) in [7, 11) is 0. The van der Waals surface area contributed by atoms with Crippen molar-refractivity contribution in [1.29, 1.82) is 0 Å². The molecule has 4 heterocycles. The first-order valence-corrected chi connectivity index (χ1v) is 12.2. The molecule has 2 atom stereocenters. The number of aromatic nitrogens is 1. The van der Waals surface area contributed by atoms with E-state index >= 15 is 0 Å². The summed E-state index contributed by atoms with van der Waals surface area (Å²) in [6, 6.07) is 21.1. The van der Waals surface area contributed by atoms with Crippen LogP contribution in [-0.2, 0) is 22.6 Å². The second-order valence-corrected chi connectivity index (χ2v) is 9.72. The van der Waals surface area contributed by atoms with Gasteiger partial charge >= 0.3 is 0 Å². The van der Waals surface area contributed by atoms with Crippen molar-refractivity contribution in [2.75, 3.05) is 13.3 Å². The Morgan fingerprint density at radius 2 is 1.78 bits per heavy atom. The van der Waals surface area contributed by atoms with Gasteiger partial charge in [0, 0.05) is 29.6 Å². The van der Waals surface area contributed by atoms with E-state index in [4.69, 9.17) is 9.47 Å². The Bertz CT molecular complexity index is 1540. The molecule has 7 nitrogen and oxygen atoms in total. The Kier molecular flexibility index (Phi) is 4.61. The lowest BCUT2D eigenvalue weighted by Crippen LogP contribution is -2.62. The quantitative estimate of drug-likeness (QED) is 0.480. The molecule has 7 heteroatoms. The van der Waals surface area contributed by atoms with E-state index in [0.717, 1.165) is 38.9 Å². The molecule has 0 spiro atoms. The number of hydrogen-bond acceptors (Lipinski definition) is 4. The number of fused-ring (bicyclic) bond motifs is 5. The fourth-order valence-electron chi connectivity index (χ4n) is 5.94. The lowest BCUT2D eigenvalue weighted by molar-refractivity contribution is -0.159. The van der Waals surface area contributed by atoms with Crippen molar-refractivity contribution in [3.05, 3.63) is 94.7 Å². The van der Waals surface area contributed by atoms with Crippen LogP contribution < -0.4 is 9.47 Å². The summed E-state index contributed by atoms with van der Waals surface area (Å²) < 4.78 is 10.9. The molecule has 1 saturated heterocycles. The maximum absolute atomic E-state index is 13.9. The summed E-state index contributed by atoms with van der Waals surface area (Å²) in [5.41, 5.74) is 6.19. The van der Waals surface area contributed by atoms with Gasteiger partial charge in [-0.05, 0) is 47.4 Å². The molecule has 0 aliphatic carbocycles. The van der Waals surface area contributed by atoms with Gasteiger partial charge in [-0.15, -0.1) is 0 Å². The van der Waals surface area contributed by atoms with Gasteiger partial charge in [0.1, 0.15) is 12.6 Å². The van der Waals surface area contributed by atoms with Crippen molar-refractivity contribution in [3.63, 3.8) is 0 Å². The molecule has 2 amide bonds. The molecule has 0 radical (unpaired) electrons. The molecule has 180 valence electrons. The zero-order valence-corrected chi connectivity index (χ0v) is 19.9. The predicted molar refractivity (Wildman–Crippen MR) is 134 cm³/mol. The minimum atomic E-state index is -0.559. The number of carbonyl (C=O) groups is 2. The van der Waals surface area contributed by atoms with E-state index in [2.05, 4.69) is 36.2 Å². The van der Waals surface area contributed by atoms with E-state index in [1.807, 2.05) is 47.4 Å². The number of ether oxygens (including phenoxy) is 2. The summed E-state index contributed by atoms with van der Waals surface area (Å²) in [6.45, 7) is 2.65. The van der Waals surface area contributed by atoms with E-state index in [0.29, 0.717) is 24.5 Å². The average molecular weight is 480 g/mol. The van der Waals surface area contributed by atoms with Crippen molar-refractivity contribution >= 4 is 22.7 Å². The van der Waals surface area contributed by atoms with Gasteiger partial charge in [-0.25, -0.2) is 0 Å². The van der Waals surface area contributed by atoms with Gasteiger partial charge in [0.25, 0.3) is 0 Å². The second kappa shape index (κ2) is 7.88. The normalized spacial score (nSPS) is 20.6. The minimum Gasteiger partial charge on any atom is -0.454 e. The van der Waals surface area contributed by atoms with Crippen LogP contribution in [0.15, 0.2) is 66.7 Å². The summed E-state index contributed by atoms with van der Waals surface area (Å²) >= 11 is 0. The Morgan fingerprint density at radius 3 is 2.67 bits per heavy atom. The standard InChI is InChI=1S/C29H25N3O4/c1-17-6-2-3-7-19(17)28-27-21(20-8-4-5-9-22(20)30-27)13-23-29(34)31(15-26(33)32(23)28)14-18-10-11-24-25(12-18)36-16-35-24/h2-12,23,28,30H,13-16H2,1H3/t23-,28+/m0/s1. The highest BCUT2D eigenvalue weighted by atomic mass is 16.7. The van der Waals surface area contributed by atoms with Crippen LogP contribution in [0.1, 0.15) is 34.0 Å². The third kappa shape index (κ3) is 3.12. The summed E-state index contributed by atoms with van der Waals surface area (Å²) in [6.07, 6.45) is 0.490. The lowest BCUT2D eigenvalue weighted by atomic mass is 9.85. The van der Waals surface area contributed by atoms with Crippen LogP contribution in [0.3, 0.4) is 0 Å². The number of hydrogen-bond donors (Lipinski definition) is 1. The molecule has 0 saturated carbocycles. The van der Waals surface area contributed by atoms with Crippen LogP contribution in [0.2, 0.25) is 0 Å². The highest BCUT2D eigenvalue weighted by Gasteiger charge is 2.48. The molecule has 3 aliphatic heterocycles. The smallest absolute Gasteiger partial charge is 0.246 e. The van der Waals surface area contributed by atoms with E-state index in [1.165, 1.54) is 0 Å². The fourth-order valence-corrected chi connectivity index (χ4v) is 5.94. The van der Waals surface area contributed by atoms with Gasteiger partial charge < -0.3 is 24.3 Å². The topological polar surface area (TPSA) is 74.9 Å². The number of piperazine rings is 1. The Balaban J connectivity index is 1.30. The first-order valence-electron chi connectivity index (χ1n) is 12.2. The number of nitrogens with zero attached hydrogens (tertiary/aromatic N) is 2. The highest BCUT2D eigenvalue weighted by molar-refractivity contribution is 5.97. The van der Waals surface area contributed by atoms with Gasteiger partial charge in [-0.2, -0.15) is 0 Å². The lowest BCUT2D eigenvalue weighted by Gasteiger charge is -2.47. The molecular formula is C29H25N3O4. The number of aryl methyl sites for hydroxylation is 1. The Hall–Kier alpha value is -4.26. The SMILES string of the molecule is Cc1ccccc1[C@@H]1c2[nH]c3ccccc3c2C[C@H]2C(=O)N(Cc3ccc4c(c3)OCO4)CC(=O)N12. The molecule has 0 unspecified atom stereocenters. The van der Waals surface area contributed by atoms with Crippen LogP contribution in [0.5, 0.6) is 11.5 Å². The van der Waals surface area contributed by atoms with Crippen LogP contribution in [0.4, 0.5) is 0 Å². The van der Waals surface area contributed by atoms with Crippen LogP contribution in [0.25, 0.3) is 10.9 Å². The molecule has 4 aromatic rings. The second-order valence-electron chi connectivity index (χ2n) is 9.72. The molecule has 36 heavy (non-hydrogen) atoms. The van der Waals surface area contributed by atoms with Crippen molar-refractivity contribution in [2.24, 2.45) is 0 Å². The van der Waals surface area contributed by atoms with Crippen molar-refractivity contribution in [1.82, 2.24) is 14.8 Å². The van der Waals surface area contributed by atoms with E-state index in [1.54, 1.807) is 4.90 Å². The van der Waals surface area contributed by atoms with Gasteiger partial charge in [0.05, 0.1) is 6.04 Å². The van der Waals surface area contributed by atoms with Crippen LogP contribution in [-0.4, -0.2) is 46.0 Å². The first-order chi connectivity index (χ1) is 17.6. The van der Waals surface area contributed by atoms with E-state index < -0.39 is 6.04 Å². The Labute approximate surface area is 208 Å². The van der Waals surface area contributed by atoms with Crippen LogP contribution in [0, 0.1) is 6.92 Å². The molecule has 1 N–H and O–H groups in total. The zero-order chi connectivity index (χ0) is 24.4. The number of para-hydroxylation sites is 1. The summed E-state index contributed by atoms with van der Waals surface area (Å²) in [4.78, 5) is 34.8. The third-order valence-corrected chi connectivity index (χ3v) is 7.64. The number of H-pyrrole nitrogens is 1. The number of nitrogens with one attached hydrogen (secondary N) is 1.